The summed E-state index contributed by atoms with van der Waals surface area (Å²) >= 11 is 5.41. The van der Waals surface area contributed by atoms with Crippen molar-refractivity contribution in [2.45, 2.75) is 0 Å². The van der Waals surface area contributed by atoms with Crippen molar-refractivity contribution in [1.82, 2.24) is 0 Å². The van der Waals surface area contributed by atoms with Crippen molar-refractivity contribution in [3.05, 3.63) is 32.8 Å². The van der Waals surface area contributed by atoms with Crippen molar-refractivity contribution in [1.29, 1.82) is 0 Å². The fraction of sp³-hybridized carbons (Fsp3) is 0.143. The first kappa shape index (κ1) is 10.6. The first-order valence-electron chi connectivity index (χ1n) is 3.48. The van der Waals surface area contributed by atoms with Gasteiger partial charge in [0.1, 0.15) is 16.5 Å². The average Bonchev–Trinajstić information content (AvgIpc) is 2.09. The minimum Gasteiger partial charge on any atom is -0.381 e. The maximum absolute atomic E-state index is 12.9. The molecule has 0 unspecified atom stereocenters. The van der Waals surface area contributed by atoms with Gasteiger partial charge in [-0.15, -0.1) is 0 Å². The number of anilines is 1. The summed E-state index contributed by atoms with van der Waals surface area (Å²) in [7, 11) is 1.28. The third-order valence-corrected chi connectivity index (χ3v) is 1.95. The maximum Gasteiger partial charge on any atom is 0.329 e. The average molecular weight is 223 g/mol. The molecule has 0 fully saturated rings. The maximum atomic E-state index is 12.9. The van der Waals surface area contributed by atoms with Crippen molar-refractivity contribution in [2.24, 2.45) is 0 Å². The third-order valence-electron chi connectivity index (χ3n) is 1.58. The van der Waals surface area contributed by atoms with Gasteiger partial charge in [0, 0.05) is 13.1 Å². The molecule has 0 saturated heterocycles. The van der Waals surface area contributed by atoms with Crippen LogP contribution in [0.25, 0.3) is 0 Å². The number of halogens is 3. The van der Waals surface area contributed by atoms with Gasteiger partial charge in [0.2, 0.25) is 5.82 Å². The van der Waals surface area contributed by atoms with Crippen LogP contribution in [0.5, 0.6) is 0 Å². The molecule has 1 aromatic carbocycles. The Morgan fingerprint density at radius 2 is 2.07 bits per heavy atom. The van der Waals surface area contributed by atoms with Crippen molar-refractivity contribution >= 4 is 23.0 Å². The number of rotatable bonds is 2. The normalized spacial score (nSPS) is 10.0. The first-order valence-corrected chi connectivity index (χ1v) is 3.86. The molecule has 0 aromatic heterocycles. The van der Waals surface area contributed by atoms with E-state index in [0.717, 1.165) is 0 Å². The van der Waals surface area contributed by atoms with Gasteiger partial charge in [-0.1, -0.05) is 11.6 Å². The molecule has 0 saturated carbocycles. The zero-order chi connectivity index (χ0) is 10.9. The molecule has 76 valence electrons. The quantitative estimate of drug-likeness (QED) is 0.475. The smallest absolute Gasteiger partial charge is 0.329 e. The number of benzene rings is 1. The molecule has 0 aliphatic heterocycles. The summed E-state index contributed by atoms with van der Waals surface area (Å²) in [5, 5.41) is 12.2. The van der Waals surface area contributed by atoms with Crippen LogP contribution in [0.1, 0.15) is 0 Å². The van der Waals surface area contributed by atoms with Crippen LogP contribution in [0.3, 0.4) is 0 Å². The summed E-state index contributed by atoms with van der Waals surface area (Å²) in [4.78, 5) is 9.44. The van der Waals surface area contributed by atoms with Crippen LogP contribution in [0.15, 0.2) is 6.07 Å². The van der Waals surface area contributed by atoms with Crippen LogP contribution >= 0.6 is 11.6 Å². The Kier molecular flexibility index (Phi) is 2.85. The van der Waals surface area contributed by atoms with E-state index >= 15 is 0 Å². The Hall–Kier alpha value is -1.43. The lowest BCUT2D eigenvalue weighted by molar-refractivity contribution is -0.386. The molecule has 7 heteroatoms. The molecule has 0 aliphatic rings. The van der Waals surface area contributed by atoms with Gasteiger partial charge in [-0.3, -0.25) is 10.1 Å². The van der Waals surface area contributed by atoms with Gasteiger partial charge in [-0.25, -0.2) is 4.39 Å². The molecule has 1 rings (SSSR count). The summed E-state index contributed by atoms with van der Waals surface area (Å²) in [6.07, 6.45) is 0. The zero-order valence-corrected chi connectivity index (χ0v) is 7.73. The fourth-order valence-corrected chi connectivity index (χ4v) is 1.23. The molecular weight excluding hydrogens is 218 g/mol. The molecule has 0 amide bonds. The van der Waals surface area contributed by atoms with Crippen LogP contribution in [0, 0.1) is 21.7 Å². The van der Waals surface area contributed by atoms with Crippen LogP contribution < -0.4 is 5.32 Å². The van der Waals surface area contributed by atoms with Gasteiger partial charge in [-0.2, -0.15) is 4.39 Å². The van der Waals surface area contributed by atoms with E-state index in [-0.39, 0.29) is 5.69 Å². The Bertz CT molecular complexity index is 398. The molecule has 1 aromatic rings. The number of hydrogen-bond donors (Lipinski definition) is 1. The van der Waals surface area contributed by atoms with Crippen molar-refractivity contribution in [3.63, 3.8) is 0 Å². The van der Waals surface area contributed by atoms with Crippen molar-refractivity contribution < 1.29 is 13.7 Å². The number of hydrogen-bond acceptors (Lipinski definition) is 3. The number of nitro groups is 1. The lowest BCUT2D eigenvalue weighted by Crippen LogP contribution is -2.01. The van der Waals surface area contributed by atoms with E-state index in [1.165, 1.54) is 7.05 Å². The molecule has 0 heterocycles. The molecular formula is C7H5ClF2N2O2. The molecule has 0 spiro atoms. The van der Waals surface area contributed by atoms with E-state index < -0.39 is 27.3 Å². The lowest BCUT2D eigenvalue weighted by Gasteiger charge is -2.05. The van der Waals surface area contributed by atoms with Crippen LogP contribution in [-0.4, -0.2) is 12.0 Å². The third kappa shape index (κ3) is 1.60. The lowest BCUT2D eigenvalue weighted by atomic mass is 10.2. The van der Waals surface area contributed by atoms with Gasteiger partial charge in [0.05, 0.1) is 4.92 Å². The van der Waals surface area contributed by atoms with Crippen LogP contribution in [-0.2, 0) is 0 Å². The summed E-state index contributed by atoms with van der Waals surface area (Å²) in [6.45, 7) is 0. The highest BCUT2D eigenvalue weighted by Gasteiger charge is 2.25. The van der Waals surface area contributed by atoms with Crippen molar-refractivity contribution in [3.8, 4) is 0 Å². The number of nitrogens with one attached hydrogen (secondary N) is 1. The zero-order valence-electron chi connectivity index (χ0n) is 6.97. The highest BCUT2D eigenvalue weighted by Crippen LogP contribution is 2.36. The molecule has 14 heavy (non-hydrogen) atoms. The summed E-state index contributed by atoms with van der Waals surface area (Å²) < 4.78 is 25.8. The van der Waals surface area contributed by atoms with Crippen LogP contribution in [0.2, 0.25) is 5.02 Å². The van der Waals surface area contributed by atoms with Gasteiger partial charge in [-0.05, 0) is 0 Å². The summed E-state index contributed by atoms with van der Waals surface area (Å²) in [5.74, 6) is -2.31. The monoisotopic (exact) mass is 222 g/mol. The summed E-state index contributed by atoms with van der Waals surface area (Å²) in [6, 6.07) is 0.376. The Morgan fingerprint density at radius 3 is 2.50 bits per heavy atom. The standard InChI is InChI=1S/C7H5ClF2N2O2/c1-11-6-5(8)3(9)2-4(10)7(6)12(13)14/h2,11H,1H3. The van der Waals surface area contributed by atoms with E-state index in [1.54, 1.807) is 0 Å². The van der Waals surface area contributed by atoms with Gasteiger partial charge in [0.15, 0.2) is 0 Å². The fourth-order valence-electron chi connectivity index (χ4n) is 0.992. The number of nitrogens with zero attached hydrogens (tertiary/aromatic N) is 1. The molecule has 0 bridgehead atoms. The second-order valence-corrected chi connectivity index (χ2v) is 2.76. The predicted octanol–water partition coefficient (Wildman–Crippen LogP) is 2.57. The molecule has 1 N–H and O–H groups in total. The molecule has 0 aliphatic carbocycles. The Morgan fingerprint density at radius 1 is 1.50 bits per heavy atom. The van der Waals surface area contributed by atoms with E-state index in [2.05, 4.69) is 5.32 Å². The van der Waals surface area contributed by atoms with Crippen LogP contribution in [0.4, 0.5) is 20.2 Å². The minimum absolute atomic E-state index is 0.367. The summed E-state index contributed by atoms with van der Waals surface area (Å²) in [5.41, 5.74) is -1.23. The largest absolute Gasteiger partial charge is 0.381 e. The highest BCUT2D eigenvalue weighted by molar-refractivity contribution is 6.33. The van der Waals surface area contributed by atoms with E-state index in [0.29, 0.717) is 6.07 Å². The predicted molar refractivity (Wildman–Crippen MR) is 47.6 cm³/mol. The Balaban J connectivity index is 3.55. The number of nitro benzene ring substituents is 1. The van der Waals surface area contributed by atoms with E-state index in [1.807, 2.05) is 0 Å². The second kappa shape index (κ2) is 3.75. The van der Waals surface area contributed by atoms with Gasteiger partial charge in [0.25, 0.3) is 0 Å². The molecule has 4 nitrogen and oxygen atoms in total. The highest BCUT2D eigenvalue weighted by atomic mass is 35.5. The van der Waals surface area contributed by atoms with Gasteiger partial charge >= 0.3 is 5.69 Å². The molecule has 0 atom stereocenters. The first-order chi connectivity index (χ1) is 6.49. The van der Waals surface area contributed by atoms with Gasteiger partial charge < -0.3 is 5.32 Å². The van der Waals surface area contributed by atoms with E-state index in [4.69, 9.17) is 11.6 Å². The minimum atomic E-state index is -1.26. The van der Waals surface area contributed by atoms with E-state index in [9.17, 15) is 18.9 Å². The Labute approximate surface area is 82.6 Å². The van der Waals surface area contributed by atoms with Crippen molar-refractivity contribution in [2.75, 3.05) is 12.4 Å². The SMILES string of the molecule is CNc1c(Cl)c(F)cc(F)c1[N+](=O)[O-]. The topological polar surface area (TPSA) is 55.2 Å². The molecule has 0 radical (unpaired) electrons. The second-order valence-electron chi connectivity index (χ2n) is 2.38.